The molecule has 0 radical (unpaired) electrons. The predicted molar refractivity (Wildman–Crippen MR) is 109 cm³/mol. The highest BCUT2D eigenvalue weighted by atomic mass is 35.5. The summed E-state index contributed by atoms with van der Waals surface area (Å²) in [5, 5.41) is 9.37. The van der Waals surface area contributed by atoms with E-state index in [9.17, 15) is 0 Å². The molecule has 0 unspecified atom stereocenters. The van der Waals surface area contributed by atoms with Crippen molar-refractivity contribution in [1.29, 1.82) is 0 Å². The Morgan fingerprint density at radius 1 is 1.11 bits per heavy atom. The van der Waals surface area contributed by atoms with Gasteiger partial charge in [-0.25, -0.2) is 4.98 Å². The van der Waals surface area contributed by atoms with E-state index in [1.807, 2.05) is 19.1 Å². The second-order valence-corrected chi connectivity index (χ2v) is 7.99. The van der Waals surface area contributed by atoms with E-state index in [-0.39, 0.29) is 0 Å². The van der Waals surface area contributed by atoms with Crippen LogP contribution in [0, 0.1) is 13.8 Å². The van der Waals surface area contributed by atoms with Crippen LogP contribution in [0.15, 0.2) is 24.5 Å². The monoisotopic (exact) mass is 404 g/mol. The Bertz CT molecular complexity index is 942. The van der Waals surface area contributed by atoms with Crippen molar-refractivity contribution in [3.63, 3.8) is 0 Å². The lowest BCUT2D eigenvalue weighted by Gasteiger charge is -2.33. The maximum Gasteiger partial charge on any atom is 0.254 e. The van der Waals surface area contributed by atoms with Crippen LogP contribution in [0.25, 0.3) is 5.78 Å². The molecule has 0 amide bonds. The summed E-state index contributed by atoms with van der Waals surface area (Å²) < 4.78 is 1.79. The van der Waals surface area contributed by atoms with Gasteiger partial charge in [-0.3, -0.25) is 4.90 Å². The number of rotatable bonds is 4. The number of hydrogen-bond donors (Lipinski definition) is 1. The second kappa shape index (κ2) is 7.62. The van der Waals surface area contributed by atoms with Crippen molar-refractivity contribution in [3.8, 4) is 0 Å². The van der Waals surface area contributed by atoms with Gasteiger partial charge in [0.1, 0.15) is 12.1 Å². The number of piperidine rings is 1. The van der Waals surface area contributed by atoms with Crippen molar-refractivity contribution in [2.45, 2.75) is 39.3 Å². The lowest BCUT2D eigenvalue weighted by Crippen LogP contribution is -2.39. The van der Waals surface area contributed by atoms with E-state index >= 15 is 0 Å². The zero-order valence-corrected chi connectivity index (χ0v) is 16.9. The van der Waals surface area contributed by atoms with Crippen LogP contribution in [-0.4, -0.2) is 43.6 Å². The maximum absolute atomic E-state index is 6.12. The van der Waals surface area contributed by atoms with Gasteiger partial charge in [-0.2, -0.15) is 14.6 Å². The van der Waals surface area contributed by atoms with Crippen LogP contribution >= 0.6 is 23.2 Å². The lowest BCUT2D eigenvalue weighted by atomic mass is 10.0. The van der Waals surface area contributed by atoms with Crippen LogP contribution in [0.1, 0.15) is 29.7 Å². The minimum absolute atomic E-state index is 0.400. The Morgan fingerprint density at radius 3 is 2.52 bits per heavy atom. The van der Waals surface area contributed by atoms with Gasteiger partial charge in [0.25, 0.3) is 5.78 Å². The molecule has 0 saturated carbocycles. The third-order valence-corrected chi connectivity index (χ3v) is 5.60. The number of benzene rings is 1. The molecule has 0 aliphatic carbocycles. The zero-order valence-electron chi connectivity index (χ0n) is 15.4. The summed E-state index contributed by atoms with van der Waals surface area (Å²) in [4.78, 5) is 11.1. The van der Waals surface area contributed by atoms with Gasteiger partial charge >= 0.3 is 0 Å². The van der Waals surface area contributed by atoms with Gasteiger partial charge in [0, 0.05) is 47.0 Å². The van der Waals surface area contributed by atoms with E-state index in [2.05, 4.69) is 32.2 Å². The highest BCUT2D eigenvalue weighted by molar-refractivity contribution is 6.34. The minimum atomic E-state index is 0.400. The first-order chi connectivity index (χ1) is 13.0. The van der Waals surface area contributed by atoms with Gasteiger partial charge in [0.15, 0.2) is 0 Å². The van der Waals surface area contributed by atoms with E-state index in [0.717, 1.165) is 55.1 Å². The first kappa shape index (κ1) is 18.5. The van der Waals surface area contributed by atoms with Crippen LogP contribution in [0.3, 0.4) is 0 Å². The number of aryl methyl sites for hydroxylation is 1. The normalized spacial score (nSPS) is 16.1. The molecular weight excluding hydrogens is 383 g/mol. The van der Waals surface area contributed by atoms with Gasteiger partial charge in [-0.15, -0.1) is 0 Å². The van der Waals surface area contributed by atoms with E-state index < -0.39 is 0 Å². The van der Waals surface area contributed by atoms with Crippen molar-refractivity contribution in [3.05, 3.63) is 51.4 Å². The molecule has 1 fully saturated rings. The molecule has 0 spiro atoms. The van der Waals surface area contributed by atoms with Crippen LogP contribution in [-0.2, 0) is 6.54 Å². The van der Waals surface area contributed by atoms with Gasteiger partial charge in [0.05, 0.1) is 0 Å². The van der Waals surface area contributed by atoms with Crippen LogP contribution in [0.2, 0.25) is 10.0 Å². The molecular formula is C19H22Cl2N6. The van der Waals surface area contributed by atoms with Crippen molar-refractivity contribution >= 4 is 34.8 Å². The average molecular weight is 405 g/mol. The number of nitrogens with zero attached hydrogens (tertiary/aromatic N) is 5. The molecule has 3 heterocycles. The fourth-order valence-corrected chi connectivity index (χ4v) is 4.16. The Hall–Kier alpha value is -1.89. The summed E-state index contributed by atoms with van der Waals surface area (Å²) >= 11 is 12.2. The Labute approximate surface area is 168 Å². The summed E-state index contributed by atoms with van der Waals surface area (Å²) in [6, 6.07) is 6.15. The standard InChI is InChI=1S/C19H22Cl2N6/c1-12-13(2)24-19-22-11-23-27(19)18(12)25-17-3-5-26(6-4-17)10-14-7-15(20)9-16(21)8-14/h7-9,11,17,25H,3-6,10H2,1-2H3. The second-order valence-electron chi connectivity index (χ2n) is 7.12. The predicted octanol–water partition coefficient (Wildman–Crippen LogP) is 4.12. The number of likely N-dealkylation sites (tertiary alicyclic amines) is 1. The summed E-state index contributed by atoms with van der Waals surface area (Å²) in [5.41, 5.74) is 3.25. The molecule has 142 valence electrons. The molecule has 6 nitrogen and oxygen atoms in total. The smallest absolute Gasteiger partial charge is 0.254 e. The summed E-state index contributed by atoms with van der Waals surface area (Å²) in [6.45, 7) is 6.99. The number of fused-ring (bicyclic) bond motifs is 1. The lowest BCUT2D eigenvalue weighted by molar-refractivity contribution is 0.211. The first-order valence-electron chi connectivity index (χ1n) is 9.10. The molecule has 1 aliphatic heterocycles. The fraction of sp³-hybridized carbons (Fsp3) is 0.421. The molecule has 2 aromatic heterocycles. The van der Waals surface area contributed by atoms with Crippen molar-refractivity contribution in [2.75, 3.05) is 18.4 Å². The van der Waals surface area contributed by atoms with Gasteiger partial charge < -0.3 is 5.32 Å². The molecule has 1 aromatic carbocycles. The molecule has 1 N–H and O–H groups in total. The maximum atomic E-state index is 6.12. The topological polar surface area (TPSA) is 58.4 Å². The first-order valence-corrected chi connectivity index (χ1v) is 9.86. The molecule has 0 bridgehead atoms. The minimum Gasteiger partial charge on any atom is -0.367 e. The average Bonchev–Trinajstić information content (AvgIpc) is 3.07. The summed E-state index contributed by atoms with van der Waals surface area (Å²) in [6.07, 6.45) is 3.67. The van der Waals surface area contributed by atoms with Crippen molar-refractivity contribution < 1.29 is 0 Å². The molecule has 0 atom stereocenters. The zero-order chi connectivity index (χ0) is 19.0. The quantitative estimate of drug-likeness (QED) is 0.708. The number of hydrogen-bond acceptors (Lipinski definition) is 5. The van der Waals surface area contributed by atoms with Crippen LogP contribution < -0.4 is 5.32 Å². The highest BCUT2D eigenvalue weighted by Gasteiger charge is 2.21. The third-order valence-electron chi connectivity index (χ3n) is 5.16. The number of anilines is 1. The van der Waals surface area contributed by atoms with Crippen molar-refractivity contribution in [1.82, 2.24) is 24.5 Å². The Kier molecular flexibility index (Phi) is 5.21. The summed E-state index contributed by atoms with van der Waals surface area (Å²) in [7, 11) is 0. The van der Waals surface area contributed by atoms with E-state index in [4.69, 9.17) is 23.2 Å². The largest absolute Gasteiger partial charge is 0.367 e. The van der Waals surface area contributed by atoms with Gasteiger partial charge in [-0.05, 0) is 50.5 Å². The third kappa shape index (κ3) is 4.03. The number of aromatic nitrogens is 4. The van der Waals surface area contributed by atoms with Gasteiger partial charge in [-0.1, -0.05) is 23.2 Å². The Morgan fingerprint density at radius 2 is 1.81 bits per heavy atom. The van der Waals surface area contributed by atoms with E-state index in [0.29, 0.717) is 21.9 Å². The van der Waals surface area contributed by atoms with Crippen molar-refractivity contribution in [2.24, 2.45) is 0 Å². The SMILES string of the molecule is Cc1nc2ncnn2c(NC2CCN(Cc3cc(Cl)cc(Cl)c3)CC2)c1C. The molecule has 4 rings (SSSR count). The van der Waals surface area contributed by atoms with Crippen LogP contribution in [0.5, 0.6) is 0 Å². The van der Waals surface area contributed by atoms with Gasteiger partial charge in [0.2, 0.25) is 0 Å². The number of nitrogens with one attached hydrogen (secondary N) is 1. The molecule has 27 heavy (non-hydrogen) atoms. The van der Waals surface area contributed by atoms with E-state index in [1.165, 1.54) is 0 Å². The Balaban J connectivity index is 1.41. The molecule has 1 saturated heterocycles. The summed E-state index contributed by atoms with van der Waals surface area (Å²) in [5.74, 6) is 1.63. The van der Waals surface area contributed by atoms with E-state index in [1.54, 1.807) is 16.9 Å². The fourth-order valence-electron chi connectivity index (χ4n) is 3.59. The van der Waals surface area contributed by atoms with Crippen LogP contribution in [0.4, 0.5) is 5.82 Å². The molecule has 8 heteroatoms. The molecule has 1 aliphatic rings. The highest BCUT2D eigenvalue weighted by Crippen LogP contribution is 2.24. The number of halogens is 2. The molecule has 3 aromatic rings.